The number of ether oxygens (including phenoxy) is 1. The Balaban J connectivity index is 2.77. The molecule has 0 spiro atoms. The van der Waals surface area contributed by atoms with Crippen molar-refractivity contribution >= 4 is 27.8 Å². The van der Waals surface area contributed by atoms with E-state index in [1.165, 1.54) is 18.3 Å². The quantitative estimate of drug-likeness (QED) is 0.702. The van der Waals surface area contributed by atoms with Crippen molar-refractivity contribution in [2.45, 2.75) is 13.3 Å². The summed E-state index contributed by atoms with van der Waals surface area (Å²) < 4.78 is 30.1. The molecule has 1 aromatic rings. The van der Waals surface area contributed by atoms with Gasteiger partial charge in [-0.2, -0.15) is 0 Å². The maximum absolute atomic E-state index is 11.7. The molecule has 1 aromatic heterocycles. The predicted octanol–water partition coefficient (Wildman–Crippen LogP) is 0.475. The Morgan fingerprint density at radius 2 is 2.15 bits per heavy atom. The van der Waals surface area contributed by atoms with Crippen LogP contribution in [-0.4, -0.2) is 42.8 Å². The number of carboxylic acids is 1. The number of carbonyl (C=O) groups is 2. The van der Waals surface area contributed by atoms with E-state index in [1.54, 1.807) is 6.92 Å². The van der Waals surface area contributed by atoms with Gasteiger partial charge in [0.1, 0.15) is 5.56 Å². The van der Waals surface area contributed by atoms with Crippen molar-refractivity contribution < 1.29 is 27.9 Å². The summed E-state index contributed by atoms with van der Waals surface area (Å²) in [7, 11) is -3.88. The molecule has 0 radical (unpaired) electrons. The molecule has 0 amide bonds. The third-order valence-electron chi connectivity index (χ3n) is 2.17. The van der Waals surface area contributed by atoms with E-state index in [1.807, 2.05) is 4.72 Å². The highest BCUT2D eigenvalue weighted by atomic mass is 32.2. The minimum atomic E-state index is -3.88. The van der Waals surface area contributed by atoms with Crippen LogP contribution < -0.4 is 4.72 Å². The molecule has 0 aliphatic rings. The number of nitrogens with zero attached hydrogens (tertiary/aromatic N) is 1. The fraction of sp³-hybridized carbons (Fsp3) is 0.364. The Morgan fingerprint density at radius 3 is 2.75 bits per heavy atom. The average Bonchev–Trinajstić information content (AvgIpc) is 2.37. The van der Waals surface area contributed by atoms with Crippen molar-refractivity contribution in [2.24, 2.45) is 0 Å². The van der Waals surface area contributed by atoms with Crippen LogP contribution in [0.5, 0.6) is 0 Å². The Labute approximate surface area is 115 Å². The summed E-state index contributed by atoms with van der Waals surface area (Å²) in [6.45, 7) is 1.77. The van der Waals surface area contributed by atoms with Crippen LogP contribution in [0.1, 0.15) is 23.7 Å². The lowest BCUT2D eigenvalue weighted by atomic mass is 10.3. The molecular weight excluding hydrogens is 288 g/mol. The number of sulfonamides is 1. The number of pyridine rings is 1. The summed E-state index contributed by atoms with van der Waals surface area (Å²) in [5.74, 6) is -2.75. The summed E-state index contributed by atoms with van der Waals surface area (Å²) in [4.78, 5) is 25.7. The van der Waals surface area contributed by atoms with Crippen molar-refractivity contribution in [3.8, 4) is 0 Å². The molecular formula is C11H14N2O6S. The molecule has 0 saturated heterocycles. The topological polar surface area (TPSA) is 123 Å². The molecule has 0 aliphatic heterocycles. The van der Waals surface area contributed by atoms with Crippen molar-refractivity contribution in [3.63, 3.8) is 0 Å². The number of carbonyl (C=O) groups excluding carboxylic acids is 1. The number of esters is 1. The standard InChI is InChI=1S/C11H14N2O6S/c1-2-19-9(14)5-7-20(17,18)13-10-8(11(15)16)4-3-6-12-10/h3-4,6H,2,5,7H2,1H3,(H,12,13)(H,15,16). The highest BCUT2D eigenvalue weighted by Gasteiger charge is 2.18. The fourth-order valence-electron chi connectivity index (χ4n) is 1.31. The van der Waals surface area contributed by atoms with E-state index in [0.29, 0.717) is 0 Å². The molecule has 9 heteroatoms. The first kappa shape index (κ1) is 15.9. The molecule has 0 unspecified atom stereocenters. The van der Waals surface area contributed by atoms with Gasteiger partial charge < -0.3 is 9.84 Å². The smallest absolute Gasteiger partial charge is 0.339 e. The molecule has 0 fully saturated rings. The molecule has 0 saturated carbocycles. The Kier molecular flexibility index (Phi) is 5.44. The highest BCUT2D eigenvalue weighted by molar-refractivity contribution is 7.92. The zero-order valence-electron chi connectivity index (χ0n) is 10.7. The predicted molar refractivity (Wildman–Crippen MR) is 69.9 cm³/mol. The highest BCUT2D eigenvalue weighted by Crippen LogP contribution is 2.13. The minimum absolute atomic E-state index is 0.162. The van der Waals surface area contributed by atoms with Gasteiger partial charge in [-0.3, -0.25) is 9.52 Å². The zero-order chi connectivity index (χ0) is 15.2. The third kappa shape index (κ3) is 4.84. The summed E-state index contributed by atoms with van der Waals surface area (Å²) in [6, 6.07) is 2.60. The Morgan fingerprint density at radius 1 is 1.45 bits per heavy atom. The van der Waals surface area contributed by atoms with Gasteiger partial charge in [-0.1, -0.05) is 0 Å². The lowest BCUT2D eigenvalue weighted by Gasteiger charge is -2.09. The van der Waals surface area contributed by atoms with Crippen LogP contribution in [0.2, 0.25) is 0 Å². The van der Waals surface area contributed by atoms with Crippen LogP contribution in [0.4, 0.5) is 5.82 Å². The minimum Gasteiger partial charge on any atom is -0.478 e. The van der Waals surface area contributed by atoms with Gasteiger partial charge in [0.25, 0.3) is 0 Å². The Hall–Kier alpha value is -2.16. The van der Waals surface area contributed by atoms with Gasteiger partial charge in [0, 0.05) is 6.20 Å². The first-order valence-corrected chi connectivity index (χ1v) is 7.35. The van der Waals surface area contributed by atoms with Gasteiger partial charge in [-0.05, 0) is 19.1 Å². The van der Waals surface area contributed by atoms with Crippen molar-refractivity contribution in [1.29, 1.82) is 0 Å². The normalized spacial score (nSPS) is 10.8. The van der Waals surface area contributed by atoms with E-state index < -0.39 is 27.7 Å². The van der Waals surface area contributed by atoms with Crippen molar-refractivity contribution in [2.75, 3.05) is 17.1 Å². The van der Waals surface area contributed by atoms with E-state index in [9.17, 15) is 18.0 Å². The molecule has 20 heavy (non-hydrogen) atoms. The fourth-order valence-corrected chi connectivity index (χ4v) is 2.30. The summed E-state index contributed by atoms with van der Waals surface area (Å²) >= 11 is 0. The van der Waals surface area contributed by atoms with E-state index in [2.05, 4.69) is 9.72 Å². The number of hydrogen-bond acceptors (Lipinski definition) is 6. The van der Waals surface area contributed by atoms with Crippen LogP contribution in [0.3, 0.4) is 0 Å². The zero-order valence-corrected chi connectivity index (χ0v) is 11.5. The molecule has 0 atom stereocenters. The number of hydrogen-bond donors (Lipinski definition) is 2. The van der Waals surface area contributed by atoms with Gasteiger partial charge in [0.05, 0.1) is 18.8 Å². The number of aromatic carboxylic acids is 1. The van der Waals surface area contributed by atoms with E-state index in [4.69, 9.17) is 5.11 Å². The van der Waals surface area contributed by atoms with Gasteiger partial charge >= 0.3 is 11.9 Å². The first-order valence-electron chi connectivity index (χ1n) is 5.70. The molecule has 0 aromatic carbocycles. The van der Waals surface area contributed by atoms with Gasteiger partial charge in [0.15, 0.2) is 5.82 Å². The molecule has 0 aliphatic carbocycles. The van der Waals surface area contributed by atoms with E-state index >= 15 is 0 Å². The lowest BCUT2D eigenvalue weighted by molar-refractivity contribution is -0.142. The number of aromatic nitrogens is 1. The number of nitrogens with one attached hydrogen (secondary N) is 1. The number of rotatable bonds is 7. The number of carboxylic acid groups (broad SMARTS) is 1. The average molecular weight is 302 g/mol. The second-order valence-electron chi connectivity index (χ2n) is 3.68. The van der Waals surface area contributed by atoms with Crippen LogP contribution in [0.15, 0.2) is 18.3 Å². The van der Waals surface area contributed by atoms with Crippen LogP contribution >= 0.6 is 0 Å². The second kappa shape index (κ2) is 6.85. The maximum Gasteiger partial charge on any atom is 0.339 e. The summed E-state index contributed by atoms with van der Waals surface area (Å²) in [5.41, 5.74) is -0.271. The molecule has 1 heterocycles. The molecule has 2 N–H and O–H groups in total. The van der Waals surface area contributed by atoms with Crippen LogP contribution in [0, 0.1) is 0 Å². The monoisotopic (exact) mass is 302 g/mol. The van der Waals surface area contributed by atoms with Gasteiger partial charge in [-0.15, -0.1) is 0 Å². The Bertz CT molecular complexity index is 599. The van der Waals surface area contributed by atoms with E-state index in [0.717, 1.165) is 0 Å². The summed E-state index contributed by atoms with van der Waals surface area (Å²) in [6.07, 6.45) is 0.939. The molecule has 0 bridgehead atoms. The largest absolute Gasteiger partial charge is 0.478 e. The molecule has 1 rings (SSSR count). The first-order chi connectivity index (χ1) is 9.35. The number of anilines is 1. The van der Waals surface area contributed by atoms with Crippen LogP contribution in [0.25, 0.3) is 0 Å². The molecule has 110 valence electrons. The maximum atomic E-state index is 11.7. The molecule has 8 nitrogen and oxygen atoms in total. The van der Waals surface area contributed by atoms with Crippen LogP contribution in [-0.2, 0) is 19.6 Å². The van der Waals surface area contributed by atoms with E-state index in [-0.39, 0.29) is 24.4 Å². The SMILES string of the molecule is CCOC(=O)CCS(=O)(=O)Nc1ncccc1C(=O)O. The van der Waals surface area contributed by atoms with Crippen molar-refractivity contribution in [3.05, 3.63) is 23.9 Å². The van der Waals surface area contributed by atoms with Gasteiger partial charge in [0.2, 0.25) is 10.0 Å². The lowest BCUT2D eigenvalue weighted by Crippen LogP contribution is -2.21. The van der Waals surface area contributed by atoms with Crippen molar-refractivity contribution in [1.82, 2.24) is 4.98 Å². The second-order valence-corrected chi connectivity index (χ2v) is 5.52. The summed E-state index contributed by atoms with van der Waals surface area (Å²) in [5, 5.41) is 8.90. The van der Waals surface area contributed by atoms with Gasteiger partial charge in [-0.25, -0.2) is 18.2 Å². The third-order valence-corrected chi connectivity index (χ3v) is 3.42.